The Morgan fingerprint density at radius 3 is 2.50 bits per heavy atom. The zero-order valence-corrected chi connectivity index (χ0v) is 11.5. The summed E-state index contributed by atoms with van der Waals surface area (Å²) in [7, 11) is -3.29. The highest BCUT2D eigenvalue weighted by Crippen LogP contribution is 2.12. The molecule has 5 heteroatoms. The van der Waals surface area contributed by atoms with Crippen molar-refractivity contribution in [2.24, 2.45) is 0 Å². The number of hydrogen-bond donors (Lipinski definition) is 2. The van der Waals surface area contributed by atoms with Gasteiger partial charge in [0.2, 0.25) is 0 Å². The molecule has 1 aromatic rings. The van der Waals surface area contributed by atoms with Crippen LogP contribution in [-0.2, 0) is 9.84 Å². The Bertz CT molecular complexity index is 431. The van der Waals surface area contributed by atoms with Gasteiger partial charge in [-0.3, -0.25) is 0 Å². The van der Waals surface area contributed by atoms with Crippen LogP contribution in [0.4, 0.5) is 0 Å². The molecule has 1 rings (SSSR count). The van der Waals surface area contributed by atoms with Gasteiger partial charge >= 0.3 is 0 Å². The van der Waals surface area contributed by atoms with Crippen molar-refractivity contribution >= 4 is 9.84 Å². The summed E-state index contributed by atoms with van der Waals surface area (Å²) < 4.78 is 24.3. The maximum Gasteiger partial charge on any atom is 0.179 e. The van der Waals surface area contributed by atoms with E-state index in [0.29, 0.717) is 11.3 Å². The zero-order valence-electron chi connectivity index (χ0n) is 10.7. The number of rotatable bonds is 8. The number of aliphatic hydroxyl groups is 1. The molecule has 102 valence electrons. The minimum atomic E-state index is -3.29. The van der Waals surface area contributed by atoms with Crippen molar-refractivity contribution in [3.05, 3.63) is 30.3 Å². The molecule has 1 atom stereocenters. The molecule has 1 aromatic carbocycles. The lowest BCUT2D eigenvalue weighted by molar-refractivity contribution is 0.269. The smallest absolute Gasteiger partial charge is 0.179 e. The molecule has 18 heavy (non-hydrogen) atoms. The Kier molecular flexibility index (Phi) is 6.32. The normalized spacial score (nSPS) is 13.4. The second-order valence-corrected chi connectivity index (χ2v) is 6.29. The highest BCUT2D eigenvalue weighted by Gasteiger charge is 2.20. The van der Waals surface area contributed by atoms with E-state index in [1.807, 2.05) is 6.92 Å². The summed E-state index contributed by atoms with van der Waals surface area (Å²) in [5.74, 6) is 0.0254. The van der Waals surface area contributed by atoms with E-state index in [-0.39, 0.29) is 18.4 Å². The molecule has 0 heterocycles. The zero-order chi connectivity index (χ0) is 13.4. The summed E-state index contributed by atoms with van der Waals surface area (Å²) in [5.41, 5.74) is 0. The molecule has 0 fully saturated rings. The molecule has 0 bridgehead atoms. The van der Waals surface area contributed by atoms with Crippen molar-refractivity contribution in [2.75, 3.05) is 18.9 Å². The summed E-state index contributed by atoms with van der Waals surface area (Å²) >= 11 is 0. The van der Waals surface area contributed by atoms with Crippen molar-refractivity contribution in [2.45, 2.75) is 30.7 Å². The van der Waals surface area contributed by atoms with Gasteiger partial charge in [-0.2, -0.15) is 0 Å². The van der Waals surface area contributed by atoms with E-state index in [1.54, 1.807) is 30.3 Å². The molecule has 0 spiro atoms. The Labute approximate surface area is 109 Å². The molecular weight excluding hydrogens is 250 g/mol. The Morgan fingerprint density at radius 1 is 1.28 bits per heavy atom. The highest BCUT2D eigenvalue weighted by molar-refractivity contribution is 7.91. The predicted molar refractivity (Wildman–Crippen MR) is 72.3 cm³/mol. The molecule has 0 amide bonds. The summed E-state index contributed by atoms with van der Waals surface area (Å²) in [5, 5.41) is 12.1. The van der Waals surface area contributed by atoms with Crippen molar-refractivity contribution in [3.8, 4) is 0 Å². The fourth-order valence-electron chi connectivity index (χ4n) is 1.74. The first-order valence-corrected chi connectivity index (χ1v) is 7.87. The number of aliphatic hydroxyl groups excluding tert-OH is 1. The van der Waals surface area contributed by atoms with Crippen molar-refractivity contribution < 1.29 is 13.5 Å². The third-order valence-corrected chi connectivity index (χ3v) is 4.52. The monoisotopic (exact) mass is 271 g/mol. The van der Waals surface area contributed by atoms with E-state index in [1.165, 1.54) is 0 Å². The Hall–Kier alpha value is -0.910. The molecule has 1 unspecified atom stereocenters. The van der Waals surface area contributed by atoms with Crippen molar-refractivity contribution in [1.82, 2.24) is 5.32 Å². The highest BCUT2D eigenvalue weighted by atomic mass is 32.2. The van der Waals surface area contributed by atoms with Gasteiger partial charge in [0.05, 0.1) is 10.6 Å². The van der Waals surface area contributed by atoms with E-state index in [0.717, 1.165) is 13.0 Å². The van der Waals surface area contributed by atoms with Gasteiger partial charge in [-0.15, -0.1) is 0 Å². The first-order valence-electron chi connectivity index (χ1n) is 6.22. The van der Waals surface area contributed by atoms with Gasteiger partial charge in [0, 0.05) is 12.6 Å². The van der Waals surface area contributed by atoms with Crippen LogP contribution in [0.1, 0.15) is 19.8 Å². The van der Waals surface area contributed by atoms with Gasteiger partial charge in [-0.25, -0.2) is 8.42 Å². The first-order chi connectivity index (χ1) is 8.60. The lowest BCUT2D eigenvalue weighted by Gasteiger charge is -2.17. The van der Waals surface area contributed by atoms with Gasteiger partial charge in [0.15, 0.2) is 9.84 Å². The van der Waals surface area contributed by atoms with Crippen LogP contribution in [0.2, 0.25) is 0 Å². The number of sulfone groups is 1. The summed E-state index contributed by atoms with van der Waals surface area (Å²) in [6, 6.07) is 8.23. The van der Waals surface area contributed by atoms with Crippen LogP contribution in [0, 0.1) is 0 Å². The van der Waals surface area contributed by atoms with E-state index >= 15 is 0 Å². The fraction of sp³-hybridized carbons (Fsp3) is 0.538. The lowest BCUT2D eigenvalue weighted by atomic mass is 10.2. The van der Waals surface area contributed by atoms with Crippen LogP contribution in [0.3, 0.4) is 0 Å². The average Bonchev–Trinajstić information content (AvgIpc) is 2.37. The van der Waals surface area contributed by atoms with Crippen molar-refractivity contribution in [3.63, 3.8) is 0 Å². The molecule has 0 aliphatic heterocycles. The van der Waals surface area contributed by atoms with Gasteiger partial charge in [0.25, 0.3) is 0 Å². The molecule has 0 radical (unpaired) electrons. The maximum atomic E-state index is 12.2. The molecule has 2 N–H and O–H groups in total. The summed E-state index contributed by atoms with van der Waals surface area (Å²) in [6.45, 7) is 2.77. The quantitative estimate of drug-likeness (QED) is 0.746. The van der Waals surface area contributed by atoms with Gasteiger partial charge in [0.1, 0.15) is 0 Å². The SMILES string of the molecule is CCCNC(CCO)CS(=O)(=O)c1ccccc1. The second kappa shape index (κ2) is 7.51. The van der Waals surface area contributed by atoms with Crippen molar-refractivity contribution in [1.29, 1.82) is 0 Å². The van der Waals surface area contributed by atoms with E-state index in [4.69, 9.17) is 5.11 Å². The van der Waals surface area contributed by atoms with Gasteiger partial charge < -0.3 is 10.4 Å². The summed E-state index contributed by atoms with van der Waals surface area (Å²) in [4.78, 5) is 0.339. The van der Waals surface area contributed by atoms with E-state index in [9.17, 15) is 8.42 Å². The molecular formula is C13H21NO3S. The Morgan fingerprint density at radius 2 is 1.94 bits per heavy atom. The molecule has 0 aliphatic rings. The van der Waals surface area contributed by atoms with Gasteiger partial charge in [-0.1, -0.05) is 25.1 Å². The van der Waals surface area contributed by atoms with E-state index in [2.05, 4.69) is 5.32 Å². The van der Waals surface area contributed by atoms with E-state index < -0.39 is 9.84 Å². The maximum absolute atomic E-state index is 12.2. The minimum Gasteiger partial charge on any atom is -0.396 e. The van der Waals surface area contributed by atoms with Crippen LogP contribution < -0.4 is 5.32 Å². The molecule has 0 aliphatic carbocycles. The van der Waals surface area contributed by atoms with Crippen LogP contribution in [0.5, 0.6) is 0 Å². The second-order valence-electron chi connectivity index (χ2n) is 4.26. The number of hydrogen-bond acceptors (Lipinski definition) is 4. The lowest BCUT2D eigenvalue weighted by Crippen LogP contribution is -2.37. The topological polar surface area (TPSA) is 66.4 Å². The molecule has 4 nitrogen and oxygen atoms in total. The van der Waals surface area contributed by atoms with Crippen LogP contribution in [0.15, 0.2) is 35.2 Å². The molecule has 0 saturated carbocycles. The average molecular weight is 271 g/mol. The largest absolute Gasteiger partial charge is 0.396 e. The number of nitrogens with one attached hydrogen (secondary N) is 1. The fourth-order valence-corrected chi connectivity index (χ4v) is 3.32. The molecule has 0 aromatic heterocycles. The first kappa shape index (κ1) is 15.1. The Balaban J connectivity index is 2.73. The minimum absolute atomic E-state index is 0.00824. The van der Waals surface area contributed by atoms with Crippen LogP contribution in [0.25, 0.3) is 0 Å². The third-order valence-electron chi connectivity index (χ3n) is 2.68. The standard InChI is InChI=1S/C13H21NO3S/c1-2-9-14-12(8-10-15)11-18(16,17)13-6-4-3-5-7-13/h3-7,12,14-15H,2,8-11H2,1H3. The number of benzene rings is 1. The van der Waals surface area contributed by atoms with Gasteiger partial charge in [-0.05, 0) is 31.5 Å². The summed E-state index contributed by atoms with van der Waals surface area (Å²) in [6.07, 6.45) is 1.39. The third kappa shape index (κ3) is 4.76. The predicted octanol–water partition coefficient (Wildman–Crippen LogP) is 1.21. The van der Waals surface area contributed by atoms with Crippen LogP contribution >= 0.6 is 0 Å². The molecule has 0 saturated heterocycles. The van der Waals surface area contributed by atoms with Crippen LogP contribution in [-0.4, -0.2) is 38.5 Å².